The van der Waals surface area contributed by atoms with Gasteiger partial charge < -0.3 is 5.11 Å². The van der Waals surface area contributed by atoms with Crippen LogP contribution in [-0.4, -0.2) is 26.0 Å². The van der Waals surface area contributed by atoms with Crippen molar-refractivity contribution >= 4 is 17.7 Å². The summed E-state index contributed by atoms with van der Waals surface area (Å²) >= 11 is 1.19. The van der Waals surface area contributed by atoms with Crippen LogP contribution in [0.1, 0.15) is 38.6 Å². The molecule has 0 unspecified atom stereocenters. The van der Waals surface area contributed by atoms with E-state index in [0.717, 1.165) is 22.6 Å². The number of rotatable bonds is 3. The van der Waals surface area contributed by atoms with Crippen molar-refractivity contribution in [1.29, 1.82) is 0 Å². The lowest BCUT2D eigenvalue weighted by Gasteiger charge is -2.10. The largest absolute Gasteiger partial charge is 0.478 e. The number of hydrogen-bond donors (Lipinski definition) is 1. The molecule has 1 N–H and O–H groups in total. The molecule has 0 aliphatic heterocycles. The molecular weight excluding hydrogens is 286 g/mol. The number of nitrogens with zero attached hydrogens (tertiary/aromatic N) is 3. The summed E-state index contributed by atoms with van der Waals surface area (Å²) in [7, 11) is 0. The van der Waals surface area contributed by atoms with Gasteiger partial charge in [0, 0.05) is 17.1 Å². The number of pyridine rings is 1. The molecule has 6 heteroatoms. The van der Waals surface area contributed by atoms with Gasteiger partial charge in [0.05, 0.1) is 5.56 Å². The molecule has 2 rings (SSSR count). The van der Waals surface area contributed by atoms with E-state index in [4.69, 9.17) is 0 Å². The van der Waals surface area contributed by atoms with Crippen molar-refractivity contribution in [3.05, 3.63) is 39.8 Å². The maximum absolute atomic E-state index is 11.4. The first kappa shape index (κ1) is 15.4. The Hall–Kier alpha value is -1.95. The van der Waals surface area contributed by atoms with Crippen molar-refractivity contribution in [2.45, 2.75) is 44.8 Å². The van der Waals surface area contributed by atoms with Gasteiger partial charge in [-0.25, -0.2) is 19.7 Å². The molecule has 110 valence electrons. The fraction of sp³-hybridized carbons (Fsp3) is 0.333. The molecule has 0 radical (unpaired) electrons. The number of aromatic nitrogens is 3. The molecule has 0 spiro atoms. The number of aromatic carboxylic acids is 1. The van der Waals surface area contributed by atoms with Crippen molar-refractivity contribution in [2.24, 2.45) is 0 Å². The minimum absolute atomic E-state index is 0.213. The standard InChI is InChI=1S/C15H17N3O2S/c1-7-6-8(2)16-13(12(7)14(19)20)21-15-17-10(4)9(3)11(5)18-15/h6H,1-5H3,(H,19,20). The zero-order valence-corrected chi connectivity index (χ0v) is 13.5. The highest BCUT2D eigenvalue weighted by atomic mass is 32.2. The molecule has 0 bridgehead atoms. The summed E-state index contributed by atoms with van der Waals surface area (Å²) in [5, 5.41) is 10.3. The van der Waals surface area contributed by atoms with E-state index in [1.165, 1.54) is 11.8 Å². The van der Waals surface area contributed by atoms with E-state index in [9.17, 15) is 9.90 Å². The first-order valence-corrected chi connectivity index (χ1v) is 7.32. The van der Waals surface area contributed by atoms with Gasteiger partial charge in [-0.15, -0.1) is 0 Å². The molecule has 5 nitrogen and oxygen atoms in total. The van der Waals surface area contributed by atoms with Crippen LogP contribution in [0.4, 0.5) is 0 Å². The van der Waals surface area contributed by atoms with Gasteiger partial charge >= 0.3 is 5.97 Å². The number of hydrogen-bond acceptors (Lipinski definition) is 5. The lowest BCUT2D eigenvalue weighted by atomic mass is 10.1. The van der Waals surface area contributed by atoms with Crippen LogP contribution in [0.5, 0.6) is 0 Å². The van der Waals surface area contributed by atoms with E-state index >= 15 is 0 Å². The highest BCUT2D eigenvalue weighted by Gasteiger charge is 2.18. The zero-order valence-electron chi connectivity index (χ0n) is 12.7. The maximum Gasteiger partial charge on any atom is 0.338 e. The highest BCUT2D eigenvalue weighted by molar-refractivity contribution is 7.99. The summed E-state index contributed by atoms with van der Waals surface area (Å²) in [4.78, 5) is 24.6. The zero-order chi connectivity index (χ0) is 15.7. The van der Waals surface area contributed by atoms with Crippen LogP contribution in [-0.2, 0) is 0 Å². The number of carboxylic acids is 1. The van der Waals surface area contributed by atoms with Crippen LogP contribution in [0.3, 0.4) is 0 Å². The monoisotopic (exact) mass is 303 g/mol. The third-order valence-electron chi connectivity index (χ3n) is 3.33. The van der Waals surface area contributed by atoms with Crippen molar-refractivity contribution in [2.75, 3.05) is 0 Å². The summed E-state index contributed by atoms with van der Waals surface area (Å²) in [6.45, 7) is 9.42. The first-order valence-electron chi connectivity index (χ1n) is 6.50. The van der Waals surface area contributed by atoms with E-state index in [-0.39, 0.29) is 5.56 Å². The van der Waals surface area contributed by atoms with Crippen LogP contribution in [0.25, 0.3) is 0 Å². The van der Waals surface area contributed by atoms with E-state index in [1.54, 1.807) is 13.0 Å². The lowest BCUT2D eigenvalue weighted by molar-refractivity contribution is 0.0691. The fourth-order valence-electron chi connectivity index (χ4n) is 2.01. The van der Waals surface area contributed by atoms with Crippen molar-refractivity contribution in [1.82, 2.24) is 15.0 Å². The molecule has 0 amide bonds. The van der Waals surface area contributed by atoms with Crippen LogP contribution < -0.4 is 0 Å². The average molecular weight is 303 g/mol. The van der Waals surface area contributed by atoms with Crippen molar-refractivity contribution in [3.8, 4) is 0 Å². The topological polar surface area (TPSA) is 76.0 Å². The third kappa shape index (κ3) is 3.21. The van der Waals surface area contributed by atoms with E-state index in [1.807, 2.05) is 27.7 Å². The van der Waals surface area contributed by atoms with E-state index in [2.05, 4.69) is 15.0 Å². The van der Waals surface area contributed by atoms with Gasteiger partial charge in [0.2, 0.25) is 0 Å². The maximum atomic E-state index is 11.4. The van der Waals surface area contributed by atoms with Crippen LogP contribution in [0, 0.1) is 34.6 Å². The smallest absolute Gasteiger partial charge is 0.338 e. The Morgan fingerprint density at radius 3 is 2.14 bits per heavy atom. The first-order chi connectivity index (χ1) is 9.79. The molecule has 0 aliphatic carbocycles. The number of carboxylic acid groups (broad SMARTS) is 1. The van der Waals surface area contributed by atoms with Gasteiger partial charge in [-0.1, -0.05) is 0 Å². The summed E-state index contributed by atoms with van der Waals surface area (Å²) in [6, 6.07) is 1.76. The molecule has 0 fully saturated rings. The summed E-state index contributed by atoms with van der Waals surface area (Å²) in [5.74, 6) is -0.983. The van der Waals surface area contributed by atoms with Crippen LogP contribution >= 0.6 is 11.8 Å². The van der Waals surface area contributed by atoms with Gasteiger partial charge in [0.15, 0.2) is 5.16 Å². The predicted octanol–water partition coefficient (Wildman–Crippen LogP) is 3.26. The van der Waals surface area contributed by atoms with Crippen LogP contribution in [0.15, 0.2) is 16.2 Å². The number of aryl methyl sites for hydroxylation is 4. The molecule has 21 heavy (non-hydrogen) atoms. The van der Waals surface area contributed by atoms with E-state index in [0.29, 0.717) is 15.7 Å². The third-order valence-corrected chi connectivity index (χ3v) is 4.18. The molecule has 0 saturated heterocycles. The van der Waals surface area contributed by atoms with Crippen molar-refractivity contribution < 1.29 is 9.90 Å². The molecule has 0 aliphatic rings. The average Bonchev–Trinajstić information content (AvgIpc) is 2.34. The fourth-order valence-corrected chi connectivity index (χ4v) is 3.09. The quantitative estimate of drug-likeness (QED) is 0.877. The predicted molar refractivity (Wildman–Crippen MR) is 81.0 cm³/mol. The Labute approximate surface area is 127 Å². The Morgan fingerprint density at radius 2 is 1.62 bits per heavy atom. The Morgan fingerprint density at radius 1 is 1.05 bits per heavy atom. The minimum Gasteiger partial charge on any atom is -0.478 e. The Balaban J connectivity index is 2.51. The lowest BCUT2D eigenvalue weighted by Crippen LogP contribution is -2.06. The normalized spacial score (nSPS) is 10.7. The van der Waals surface area contributed by atoms with Gasteiger partial charge in [-0.3, -0.25) is 0 Å². The molecule has 0 saturated carbocycles. The van der Waals surface area contributed by atoms with E-state index < -0.39 is 5.97 Å². The Bertz CT molecular complexity index is 706. The molecule has 2 aromatic heterocycles. The second kappa shape index (κ2) is 5.81. The van der Waals surface area contributed by atoms with Crippen LogP contribution in [0.2, 0.25) is 0 Å². The minimum atomic E-state index is -0.983. The highest BCUT2D eigenvalue weighted by Crippen LogP contribution is 2.29. The summed E-state index contributed by atoms with van der Waals surface area (Å²) in [6.07, 6.45) is 0. The molecule has 0 atom stereocenters. The van der Waals surface area contributed by atoms with Gasteiger partial charge in [0.1, 0.15) is 5.03 Å². The second-order valence-corrected chi connectivity index (χ2v) is 5.93. The van der Waals surface area contributed by atoms with Gasteiger partial charge in [-0.2, -0.15) is 0 Å². The molecule has 2 heterocycles. The molecule has 2 aromatic rings. The van der Waals surface area contributed by atoms with Gasteiger partial charge in [-0.05, 0) is 63.6 Å². The molecular formula is C15H17N3O2S. The second-order valence-electron chi connectivity index (χ2n) is 4.97. The summed E-state index contributed by atoms with van der Waals surface area (Å²) in [5.41, 5.74) is 4.52. The SMILES string of the molecule is Cc1cc(C)c(C(=O)O)c(Sc2nc(C)c(C)c(C)n2)n1. The Kier molecular flexibility index (Phi) is 4.27. The number of carbonyl (C=O) groups is 1. The molecule has 0 aromatic carbocycles. The summed E-state index contributed by atoms with van der Waals surface area (Å²) < 4.78 is 0. The van der Waals surface area contributed by atoms with Crippen molar-refractivity contribution in [3.63, 3.8) is 0 Å². The van der Waals surface area contributed by atoms with Gasteiger partial charge in [0.25, 0.3) is 0 Å².